The molecule has 0 spiro atoms. The fraction of sp³-hybridized carbons (Fsp3) is 0.200. The first-order chi connectivity index (χ1) is 7.03. The van der Waals surface area contributed by atoms with Gasteiger partial charge in [-0.1, -0.05) is 30.3 Å². The summed E-state index contributed by atoms with van der Waals surface area (Å²) < 4.78 is 0. The van der Waals surface area contributed by atoms with Gasteiger partial charge in [-0.3, -0.25) is 4.79 Å². The van der Waals surface area contributed by atoms with Gasteiger partial charge in [0.25, 0.3) is 0 Å². The van der Waals surface area contributed by atoms with Crippen LogP contribution >= 0.6 is 0 Å². The molecule has 0 saturated heterocycles. The zero-order valence-electron chi connectivity index (χ0n) is 8.27. The van der Waals surface area contributed by atoms with E-state index >= 15 is 0 Å². The van der Waals surface area contributed by atoms with E-state index in [0.717, 1.165) is 0 Å². The molecule has 0 heterocycles. The van der Waals surface area contributed by atoms with E-state index in [-0.39, 0.29) is 0 Å². The lowest BCUT2D eigenvalue weighted by Gasteiger charge is -2.23. The van der Waals surface area contributed by atoms with E-state index in [9.17, 15) is 9.59 Å². The summed E-state index contributed by atoms with van der Waals surface area (Å²) in [6.07, 6.45) is 0. The number of hydrogen-bond donors (Lipinski definition) is 2. The molecule has 0 amide bonds. The molecule has 0 fully saturated rings. The molecule has 1 unspecified atom stereocenters. The summed E-state index contributed by atoms with van der Waals surface area (Å²) >= 11 is 0. The number of carbonyl (C=O) groups is 2. The third-order valence-corrected chi connectivity index (χ3v) is 2.21. The standard InChI is InChI=1S/C10H12N2O3/c1-7(13)10(11,9(14)15-12)8-5-3-2-4-6-8/h2-6H,11-12H2,1H3. The summed E-state index contributed by atoms with van der Waals surface area (Å²) in [6.45, 7) is 1.21. The third kappa shape index (κ3) is 1.88. The van der Waals surface area contributed by atoms with Crippen molar-refractivity contribution in [2.24, 2.45) is 11.6 Å². The Morgan fingerprint density at radius 3 is 2.20 bits per heavy atom. The van der Waals surface area contributed by atoms with Crippen LogP contribution in [0.15, 0.2) is 30.3 Å². The van der Waals surface area contributed by atoms with Gasteiger partial charge in [0.05, 0.1) is 0 Å². The second-order valence-electron chi connectivity index (χ2n) is 3.14. The molecule has 15 heavy (non-hydrogen) atoms. The van der Waals surface area contributed by atoms with E-state index in [1.165, 1.54) is 6.92 Å². The Kier molecular flexibility index (Phi) is 3.18. The number of hydrogen-bond acceptors (Lipinski definition) is 5. The molecule has 0 bridgehead atoms. The largest absolute Gasteiger partial charge is 0.371 e. The Bertz CT molecular complexity index is 378. The molecule has 5 nitrogen and oxygen atoms in total. The minimum Gasteiger partial charge on any atom is -0.371 e. The second-order valence-corrected chi connectivity index (χ2v) is 3.14. The average molecular weight is 208 g/mol. The zero-order chi connectivity index (χ0) is 11.5. The lowest BCUT2D eigenvalue weighted by Crippen LogP contribution is -2.52. The molecule has 4 N–H and O–H groups in total. The van der Waals surface area contributed by atoms with Crippen LogP contribution in [0.3, 0.4) is 0 Å². The zero-order valence-corrected chi connectivity index (χ0v) is 8.27. The molecule has 0 saturated carbocycles. The topological polar surface area (TPSA) is 95.4 Å². The molecule has 0 aliphatic rings. The number of Topliss-reactive ketones (excluding diaryl/α,β-unsaturated/α-hetero) is 1. The molecule has 80 valence electrons. The minimum atomic E-state index is -1.82. The van der Waals surface area contributed by atoms with E-state index in [1.807, 2.05) is 0 Å². The van der Waals surface area contributed by atoms with Crippen LogP contribution < -0.4 is 11.6 Å². The maximum absolute atomic E-state index is 11.4. The van der Waals surface area contributed by atoms with Crippen LogP contribution in [0.2, 0.25) is 0 Å². The van der Waals surface area contributed by atoms with Crippen molar-refractivity contribution >= 4 is 11.8 Å². The highest BCUT2D eigenvalue weighted by Crippen LogP contribution is 2.20. The van der Waals surface area contributed by atoms with Gasteiger partial charge in [0.15, 0.2) is 5.78 Å². The number of benzene rings is 1. The summed E-state index contributed by atoms with van der Waals surface area (Å²) in [7, 11) is 0. The molecule has 0 aliphatic carbocycles. The number of ketones is 1. The molecule has 1 rings (SSSR count). The predicted octanol–water partition coefficient (Wildman–Crippen LogP) is -0.153. The van der Waals surface area contributed by atoms with Crippen LogP contribution in [0, 0.1) is 0 Å². The Morgan fingerprint density at radius 1 is 1.27 bits per heavy atom. The van der Waals surface area contributed by atoms with E-state index in [1.54, 1.807) is 30.3 Å². The van der Waals surface area contributed by atoms with Crippen molar-refractivity contribution in [2.75, 3.05) is 0 Å². The van der Waals surface area contributed by atoms with Gasteiger partial charge in [-0.05, 0) is 12.5 Å². The van der Waals surface area contributed by atoms with Crippen LogP contribution in [0.1, 0.15) is 12.5 Å². The van der Waals surface area contributed by atoms with Crippen molar-refractivity contribution in [3.8, 4) is 0 Å². The van der Waals surface area contributed by atoms with Gasteiger partial charge in [-0.25, -0.2) is 4.79 Å². The van der Waals surface area contributed by atoms with Crippen molar-refractivity contribution in [1.82, 2.24) is 0 Å². The summed E-state index contributed by atoms with van der Waals surface area (Å²) in [5.74, 6) is 3.26. The van der Waals surface area contributed by atoms with Crippen molar-refractivity contribution in [3.63, 3.8) is 0 Å². The smallest absolute Gasteiger partial charge is 0.357 e. The van der Waals surface area contributed by atoms with Gasteiger partial charge in [0.2, 0.25) is 5.54 Å². The van der Waals surface area contributed by atoms with Gasteiger partial charge in [0, 0.05) is 0 Å². The molecule has 5 heteroatoms. The van der Waals surface area contributed by atoms with Crippen LogP contribution in [-0.2, 0) is 20.0 Å². The summed E-state index contributed by atoms with van der Waals surface area (Å²) in [6, 6.07) is 8.22. The molecule has 1 aromatic rings. The van der Waals surface area contributed by atoms with Crippen LogP contribution in [0.5, 0.6) is 0 Å². The van der Waals surface area contributed by atoms with Crippen molar-refractivity contribution in [2.45, 2.75) is 12.5 Å². The molecule has 1 aromatic carbocycles. The molecule has 0 radical (unpaired) electrons. The molecular formula is C10H12N2O3. The van der Waals surface area contributed by atoms with Gasteiger partial charge >= 0.3 is 5.97 Å². The van der Waals surface area contributed by atoms with Crippen molar-refractivity contribution in [3.05, 3.63) is 35.9 Å². The molecule has 0 aromatic heterocycles. The average Bonchev–Trinajstić information content (AvgIpc) is 2.27. The monoisotopic (exact) mass is 208 g/mol. The van der Waals surface area contributed by atoms with Crippen molar-refractivity contribution < 1.29 is 14.4 Å². The Balaban J connectivity index is 3.25. The van der Waals surface area contributed by atoms with Gasteiger partial charge in [-0.2, -0.15) is 5.90 Å². The van der Waals surface area contributed by atoms with Crippen molar-refractivity contribution in [1.29, 1.82) is 0 Å². The van der Waals surface area contributed by atoms with Crippen LogP contribution in [0.25, 0.3) is 0 Å². The highest BCUT2D eigenvalue weighted by atomic mass is 16.7. The Morgan fingerprint density at radius 2 is 1.80 bits per heavy atom. The minimum absolute atomic E-state index is 0.355. The van der Waals surface area contributed by atoms with Gasteiger partial charge < -0.3 is 10.6 Å². The molecule has 1 atom stereocenters. The summed E-state index contributed by atoms with van der Waals surface area (Å²) in [5.41, 5.74) is 4.24. The Labute approximate surface area is 87.0 Å². The van der Waals surface area contributed by atoms with Crippen LogP contribution in [0.4, 0.5) is 0 Å². The fourth-order valence-electron chi connectivity index (χ4n) is 1.26. The fourth-order valence-corrected chi connectivity index (χ4v) is 1.26. The number of nitrogens with two attached hydrogens (primary N) is 2. The van der Waals surface area contributed by atoms with E-state index < -0.39 is 17.3 Å². The van der Waals surface area contributed by atoms with Crippen LogP contribution in [-0.4, -0.2) is 11.8 Å². The summed E-state index contributed by atoms with van der Waals surface area (Å²) in [4.78, 5) is 26.8. The Hall–Kier alpha value is -1.72. The van der Waals surface area contributed by atoms with E-state index in [4.69, 9.17) is 11.6 Å². The van der Waals surface area contributed by atoms with E-state index in [0.29, 0.717) is 5.56 Å². The highest BCUT2D eigenvalue weighted by Gasteiger charge is 2.42. The lowest BCUT2D eigenvalue weighted by molar-refractivity contribution is -0.154. The highest BCUT2D eigenvalue weighted by molar-refractivity contribution is 6.07. The molecule has 0 aliphatic heterocycles. The van der Waals surface area contributed by atoms with Gasteiger partial charge in [-0.15, -0.1) is 0 Å². The van der Waals surface area contributed by atoms with E-state index in [2.05, 4.69) is 4.84 Å². The maximum Gasteiger partial charge on any atom is 0.357 e. The molecular weight excluding hydrogens is 196 g/mol. The normalized spacial score (nSPS) is 14.1. The second kappa shape index (κ2) is 4.20. The first-order valence-corrected chi connectivity index (χ1v) is 4.30. The first-order valence-electron chi connectivity index (χ1n) is 4.30. The lowest BCUT2D eigenvalue weighted by atomic mass is 9.87. The summed E-state index contributed by atoms with van der Waals surface area (Å²) in [5, 5.41) is 0. The number of carbonyl (C=O) groups excluding carboxylic acids is 2. The number of rotatable bonds is 3. The quantitative estimate of drug-likeness (QED) is 0.532. The third-order valence-electron chi connectivity index (χ3n) is 2.21. The van der Waals surface area contributed by atoms with Gasteiger partial charge in [0.1, 0.15) is 0 Å². The predicted molar refractivity (Wildman–Crippen MR) is 53.3 cm³/mol. The SMILES string of the molecule is CC(=O)C(N)(C(=O)ON)c1ccccc1. The first kappa shape index (κ1) is 11.4. The maximum atomic E-state index is 11.4.